The molecule has 0 bridgehead atoms. The number of aromatic nitrogens is 1. The molecule has 20 heavy (non-hydrogen) atoms. The van der Waals surface area contributed by atoms with Crippen LogP contribution in [0, 0.1) is 0 Å². The van der Waals surface area contributed by atoms with Gasteiger partial charge in [0.15, 0.2) is 5.69 Å². The number of nitrogens with zero attached hydrogens (tertiary/aromatic N) is 1. The summed E-state index contributed by atoms with van der Waals surface area (Å²) in [4.78, 5) is 14.8. The van der Waals surface area contributed by atoms with Gasteiger partial charge in [0.2, 0.25) is 0 Å². The number of nitrogens with one attached hydrogen (secondary N) is 1. The van der Waals surface area contributed by atoms with Crippen LogP contribution in [-0.4, -0.2) is 10.9 Å². The third-order valence-corrected chi connectivity index (χ3v) is 3.51. The minimum atomic E-state index is -4.63. The van der Waals surface area contributed by atoms with Crippen LogP contribution in [0.3, 0.4) is 0 Å². The third kappa shape index (κ3) is 2.98. The van der Waals surface area contributed by atoms with Gasteiger partial charge in [-0.3, -0.25) is 4.79 Å². The highest BCUT2D eigenvalue weighted by Gasteiger charge is 2.38. The summed E-state index contributed by atoms with van der Waals surface area (Å²) in [5.41, 5.74) is 1.25. The number of hydrogen-bond acceptors (Lipinski definition) is 3. The van der Waals surface area contributed by atoms with Gasteiger partial charge in [0.1, 0.15) is 4.88 Å². The molecule has 0 radical (unpaired) electrons. The van der Waals surface area contributed by atoms with Crippen molar-refractivity contribution in [3.05, 3.63) is 45.9 Å². The summed E-state index contributed by atoms with van der Waals surface area (Å²) in [5.74, 6) is -0.791. The zero-order valence-corrected chi connectivity index (χ0v) is 11.3. The van der Waals surface area contributed by atoms with Crippen molar-refractivity contribution in [2.24, 2.45) is 0 Å². The van der Waals surface area contributed by atoms with Gasteiger partial charge >= 0.3 is 6.18 Å². The van der Waals surface area contributed by atoms with Crippen molar-refractivity contribution < 1.29 is 18.0 Å². The SMILES string of the molecule is CCc1ccccc1NC(=O)c1scnc1C(F)(F)F. The molecular weight excluding hydrogens is 289 g/mol. The van der Waals surface area contributed by atoms with E-state index in [0.717, 1.165) is 11.1 Å². The van der Waals surface area contributed by atoms with E-state index in [2.05, 4.69) is 10.3 Å². The number of carbonyl (C=O) groups is 1. The monoisotopic (exact) mass is 300 g/mol. The lowest BCUT2D eigenvalue weighted by molar-refractivity contribution is -0.141. The number of aryl methyl sites for hydroxylation is 1. The summed E-state index contributed by atoms with van der Waals surface area (Å²) in [6.45, 7) is 1.90. The first-order valence-corrected chi connectivity index (χ1v) is 6.71. The molecule has 0 unspecified atom stereocenters. The predicted molar refractivity (Wildman–Crippen MR) is 70.9 cm³/mol. The number of para-hydroxylation sites is 1. The number of carbonyl (C=O) groups excluding carboxylic acids is 1. The molecular formula is C13H11F3N2OS. The molecule has 0 aliphatic rings. The molecule has 1 heterocycles. The van der Waals surface area contributed by atoms with E-state index in [0.29, 0.717) is 23.4 Å². The number of amides is 1. The van der Waals surface area contributed by atoms with Crippen molar-refractivity contribution in [3.63, 3.8) is 0 Å². The quantitative estimate of drug-likeness (QED) is 0.931. The molecule has 3 nitrogen and oxygen atoms in total. The highest BCUT2D eigenvalue weighted by molar-refractivity contribution is 7.12. The molecule has 106 valence electrons. The first kappa shape index (κ1) is 14.5. The Morgan fingerprint density at radius 1 is 1.35 bits per heavy atom. The van der Waals surface area contributed by atoms with Crippen LogP contribution >= 0.6 is 11.3 Å². The zero-order chi connectivity index (χ0) is 14.8. The minimum Gasteiger partial charge on any atom is -0.321 e. The topological polar surface area (TPSA) is 42.0 Å². The number of benzene rings is 1. The van der Waals surface area contributed by atoms with E-state index in [9.17, 15) is 18.0 Å². The van der Waals surface area contributed by atoms with Crippen LogP contribution in [0.15, 0.2) is 29.8 Å². The van der Waals surface area contributed by atoms with Gasteiger partial charge in [-0.25, -0.2) is 4.98 Å². The van der Waals surface area contributed by atoms with Crippen LogP contribution < -0.4 is 5.32 Å². The summed E-state index contributed by atoms with van der Waals surface area (Å²) >= 11 is 0.674. The molecule has 0 aliphatic carbocycles. The van der Waals surface area contributed by atoms with Crippen molar-refractivity contribution in [1.29, 1.82) is 0 Å². The Bertz CT molecular complexity index is 622. The molecule has 0 spiro atoms. The first-order valence-electron chi connectivity index (χ1n) is 5.83. The van der Waals surface area contributed by atoms with Crippen LogP contribution in [0.4, 0.5) is 18.9 Å². The number of thiazole rings is 1. The number of hydrogen-bond donors (Lipinski definition) is 1. The summed E-state index contributed by atoms with van der Waals surface area (Å²) in [5, 5.41) is 2.51. The molecule has 0 saturated heterocycles. The Morgan fingerprint density at radius 3 is 2.70 bits per heavy atom. The molecule has 0 fully saturated rings. The van der Waals surface area contributed by atoms with Gasteiger partial charge < -0.3 is 5.32 Å². The van der Waals surface area contributed by atoms with E-state index in [1.165, 1.54) is 0 Å². The Morgan fingerprint density at radius 2 is 2.05 bits per heavy atom. The lowest BCUT2D eigenvalue weighted by Crippen LogP contribution is -2.17. The molecule has 7 heteroatoms. The van der Waals surface area contributed by atoms with E-state index in [1.54, 1.807) is 12.1 Å². The Labute approximate surface area is 117 Å². The number of alkyl halides is 3. The van der Waals surface area contributed by atoms with Crippen molar-refractivity contribution in [2.45, 2.75) is 19.5 Å². The van der Waals surface area contributed by atoms with E-state index in [1.807, 2.05) is 19.1 Å². The van der Waals surface area contributed by atoms with Gasteiger partial charge in [0.05, 0.1) is 5.51 Å². The summed E-state index contributed by atoms with van der Waals surface area (Å²) in [6.07, 6.45) is -3.96. The number of halogens is 3. The van der Waals surface area contributed by atoms with Crippen molar-refractivity contribution >= 4 is 22.9 Å². The molecule has 2 aromatic rings. The molecule has 1 amide bonds. The Kier molecular flexibility index (Phi) is 4.08. The summed E-state index contributed by atoms with van der Waals surface area (Å²) in [7, 11) is 0. The van der Waals surface area contributed by atoms with E-state index >= 15 is 0 Å². The average molecular weight is 300 g/mol. The van der Waals surface area contributed by atoms with Gasteiger partial charge in [-0.1, -0.05) is 25.1 Å². The van der Waals surface area contributed by atoms with Gasteiger partial charge in [-0.2, -0.15) is 13.2 Å². The third-order valence-electron chi connectivity index (χ3n) is 2.69. The van der Waals surface area contributed by atoms with Crippen LogP contribution in [0.25, 0.3) is 0 Å². The van der Waals surface area contributed by atoms with E-state index in [4.69, 9.17) is 0 Å². The van der Waals surface area contributed by atoms with Crippen LogP contribution in [0.5, 0.6) is 0 Å². The molecule has 0 atom stereocenters. The highest BCUT2D eigenvalue weighted by atomic mass is 32.1. The van der Waals surface area contributed by atoms with Crippen molar-refractivity contribution in [1.82, 2.24) is 4.98 Å². The minimum absolute atomic E-state index is 0.427. The lowest BCUT2D eigenvalue weighted by atomic mass is 10.1. The highest BCUT2D eigenvalue weighted by Crippen LogP contribution is 2.33. The fraction of sp³-hybridized carbons (Fsp3) is 0.231. The van der Waals surface area contributed by atoms with Crippen LogP contribution in [0.1, 0.15) is 27.9 Å². The van der Waals surface area contributed by atoms with Gasteiger partial charge in [-0.15, -0.1) is 11.3 Å². The predicted octanol–water partition coefficient (Wildman–Crippen LogP) is 3.98. The van der Waals surface area contributed by atoms with Crippen LogP contribution in [0.2, 0.25) is 0 Å². The van der Waals surface area contributed by atoms with E-state index < -0.39 is 22.7 Å². The fourth-order valence-corrected chi connectivity index (χ4v) is 2.44. The summed E-state index contributed by atoms with van der Waals surface area (Å²) < 4.78 is 38.1. The fourth-order valence-electron chi connectivity index (χ4n) is 1.74. The number of anilines is 1. The average Bonchev–Trinajstić information content (AvgIpc) is 2.88. The van der Waals surface area contributed by atoms with E-state index in [-0.39, 0.29) is 0 Å². The maximum absolute atomic E-state index is 12.7. The standard InChI is InChI=1S/C13H11F3N2OS/c1-2-8-5-3-4-6-9(8)18-12(19)10-11(13(14,15)16)17-7-20-10/h3-7H,2H2,1H3,(H,18,19). The summed E-state index contributed by atoms with van der Waals surface area (Å²) in [6, 6.07) is 6.99. The first-order chi connectivity index (χ1) is 9.43. The lowest BCUT2D eigenvalue weighted by Gasteiger charge is -2.10. The molecule has 0 aliphatic heterocycles. The second-order valence-corrected chi connectivity index (χ2v) is 4.85. The molecule has 1 N–H and O–H groups in total. The normalized spacial score (nSPS) is 11.4. The van der Waals surface area contributed by atoms with Crippen molar-refractivity contribution in [3.8, 4) is 0 Å². The largest absolute Gasteiger partial charge is 0.434 e. The maximum Gasteiger partial charge on any atom is 0.434 e. The Balaban J connectivity index is 2.27. The smallest absolute Gasteiger partial charge is 0.321 e. The molecule has 1 aromatic carbocycles. The zero-order valence-electron chi connectivity index (χ0n) is 10.5. The second-order valence-electron chi connectivity index (χ2n) is 3.99. The van der Waals surface area contributed by atoms with Gasteiger partial charge in [-0.05, 0) is 18.1 Å². The van der Waals surface area contributed by atoms with Crippen molar-refractivity contribution in [2.75, 3.05) is 5.32 Å². The molecule has 0 saturated carbocycles. The van der Waals surface area contributed by atoms with Gasteiger partial charge in [0.25, 0.3) is 5.91 Å². The van der Waals surface area contributed by atoms with Crippen LogP contribution in [-0.2, 0) is 12.6 Å². The maximum atomic E-state index is 12.7. The van der Waals surface area contributed by atoms with Gasteiger partial charge in [0, 0.05) is 5.69 Å². The number of rotatable bonds is 3. The molecule has 2 rings (SSSR count). The second kappa shape index (κ2) is 5.62. The molecule has 1 aromatic heterocycles. The Hall–Kier alpha value is -1.89.